The van der Waals surface area contributed by atoms with E-state index in [0.29, 0.717) is 5.33 Å². The summed E-state index contributed by atoms with van der Waals surface area (Å²) in [6, 6.07) is 6.33. The van der Waals surface area contributed by atoms with Gasteiger partial charge in [-0.25, -0.2) is 0 Å². The van der Waals surface area contributed by atoms with Crippen molar-refractivity contribution in [3.05, 3.63) is 35.4 Å². The van der Waals surface area contributed by atoms with Crippen LogP contribution in [0, 0.1) is 0 Å². The molecule has 0 heterocycles. The summed E-state index contributed by atoms with van der Waals surface area (Å²) < 4.78 is 35.5. The van der Waals surface area contributed by atoms with E-state index in [0.717, 1.165) is 5.56 Å². The average molecular weight is 296 g/mol. The summed E-state index contributed by atoms with van der Waals surface area (Å²) in [6.45, 7) is -1.31. The van der Waals surface area contributed by atoms with E-state index >= 15 is 0 Å². The molecule has 0 saturated heterocycles. The third-order valence-corrected chi connectivity index (χ3v) is 2.47. The van der Waals surface area contributed by atoms with Gasteiger partial charge < -0.3 is 5.32 Å². The van der Waals surface area contributed by atoms with E-state index in [-0.39, 0.29) is 5.56 Å². The first-order valence-electron chi connectivity index (χ1n) is 4.42. The molecule has 1 aromatic rings. The van der Waals surface area contributed by atoms with Gasteiger partial charge in [0, 0.05) is 10.9 Å². The van der Waals surface area contributed by atoms with E-state index in [1.165, 1.54) is 12.1 Å². The van der Waals surface area contributed by atoms with Crippen LogP contribution in [0.2, 0.25) is 0 Å². The Bertz CT molecular complexity index is 361. The van der Waals surface area contributed by atoms with Crippen LogP contribution in [-0.4, -0.2) is 18.6 Å². The van der Waals surface area contributed by atoms with Crippen molar-refractivity contribution >= 4 is 21.8 Å². The maximum Gasteiger partial charge on any atom is 0.405 e. The Morgan fingerprint density at radius 3 is 2.25 bits per heavy atom. The van der Waals surface area contributed by atoms with Gasteiger partial charge in [0.1, 0.15) is 6.54 Å². The van der Waals surface area contributed by atoms with Gasteiger partial charge in [0.25, 0.3) is 5.91 Å². The first-order chi connectivity index (χ1) is 7.42. The number of hydrogen-bond donors (Lipinski definition) is 1. The number of nitrogens with one attached hydrogen (secondary N) is 1. The number of carbonyl (C=O) groups excluding carboxylic acids is 1. The van der Waals surface area contributed by atoms with Crippen molar-refractivity contribution in [2.24, 2.45) is 0 Å². The Morgan fingerprint density at radius 2 is 1.81 bits per heavy atom. The van der Waals surface area contributed by atoms with E-state index in [4.69, 9.17) is 0 Å². The van der Waals surface area contributed by atoms with Crippen LogP contribution in [0.1, 0.15) is 15.9 Å². The van der Waals surface area contributed by atoms with Gasteiger partial charge in [-0.15, -0.1) is 0 Å². The zero-order valence-electron chi connectivity index (χ0n) is 8.14. The predicted molar refractivity (Wildman–Crippen MR) is 57.5 cm³/mol. The minimum Gasteiger partial charge on any atom is -0.343 e. The topological polar surface area (TPSA) is 29.1 Å². The summed E-state index contributed by atoms with van der Waals surface area (Å²) >= 11 is 3.23. The highest BCUT2D eigenvalue weighted by atomic mass is 79.9. The zero-order valence-corrected chi connectivity index (χ0v) is 9.73. The summed E-state index contributed by atoms with van der Waals surface area (Å²) in [7, 11) is 0. The standard InChI is InChI=1S/C10H9BrF3NO/c11-5-7-1-3-8(4-2-7)9(16)15-6-10(12,13)14/h1-4H,5-6H2,(H,15,16). The molecule has 1 aromatic carbocycles. The largest absolute Gasteiger partial charge is 0.405 e. The van der Waals surface area contributed by atoms with Gasteiger partial charge in [-0.2, -0.15) is 13.2 Å². The molecule has 0 radical (unpaired) electrons. The molecule has 0 aliphatic heterocycles. The molecular formula is C10H9BrF3NO. The summed E-state index contributed by atoms with van der Waals surface area (Å²) in [5.41, 5.74) is 1.17. The molecule has 0 bridgehead atoms. The molecular weight excluding hydrogens is 287 g/mol. The maximum absolute atomic E-state index is 11.8. The van der Waals surface area contributed by atoms with E-state index in [1.54, 1.807) is 17.4 Å². The number of hydrogen-bond acceptors (Lipinski definition) is 1. The lowest BCUT2D eigenvalue weighted by Gasteiger charge is -2.08. The Kier molecular flexibility index (Phi) is 4.35. The third kappa shape index (κ3) is 4.22. The van der Waals surface area contributed by atoms with Gasteiger partial charge in [0.05, 0.1) is 0 Å². The molecule has 0 atom stereocenters. The monoisotopic (exact) mass is 295 g/mol. The van der Waals surface area contributed by atoms with Crippen molar-refractivity contribution in [3.8, 4) is 0 Å². The van der Waals surface area contributed by atoms with Crippen LogP contribution in [-0.2, 0) is 5.33 Å². The predicted octanol–water partition coefficient (Wildman–Crippen LogP) is 2.87. The van der Waals surface area contributed by atoms with Crippen molar-refractivity contribution in [2.45, 2.75) is 11.5 Å². The van der Waals surface area contributed by atoms with Gasteiger partial charge in [0.2, 0.25) is 0 Å². The number of amides is 1. The number of benzene rings is 1. The minimum atomic E-state index is -4.38. The van der Waals surface area contributed by atoms with Crippen molar-refractivity contribution in [2.75, 3.05) is 6.54 Å². The Morgan fingerprint density at radius 1 is 1.25 bits per heavy atom. The second-order valence-electron chi connectivity index (χ2n) is 3.13. The fourth-order valence-corrected chi connectivity index (χ4v) is 1.40. The molecule has 0 fully saturated rings. The number of carbonyl (C=O) groups is 1. The zero-order chi connectivity index (χ0) is 12.2. The molecule has 88 valence electrons. The van der Waals surface area contributed by atoms with Crippen molar-refractivity contribution in [1.82, 2.24) is 5.32 Å². The van der Waals surface area contributed by atoms with Crippen LogP contribution in [0.4, 0.5) is 13.2 Å². The first-order valence-corrected chi connectivity index (χ1v) is 5.54. The molecule has 1 amide bonds. The Labute approximate surface area is 99.0 Å². The van der Waals surface area contributed by atoms with E-state index < -0.39 is 18.6 Å². The molecule has 1 N–H and O–H groups in total. The molecule has 0 saturated carbocycles. The summed E-state index contributed by atoms with van der Waals surface area (Å²) in [5.74, 6) is -0.724. The maximum atomic E-state index is 11.8. The smallest absolute Gasteiger partial charge is 0.343 e. The number of alkyl halides is 4. The summed E-state index contributed by atoms with van der Waals surface area (Å²) in [6.07, 6.45) is -4.38. The lowest BCUT2D eigenvalue weighted by atomic mass is 10.1. The fraction of sp³-hybridized carbons (Fsp3) is 0.300. The van der Waals surface area contributed by atoms with E-state index in [2.05, 4.69) is 15.9 Å². The molecule has 0 spiro atoms. The Balaban J connectivity index is 2.59. The van der Waals surface area contributed by atoms with Gasteiger partial charge in [-0.1, -0.05) is 28.1 Å². The highest BCUT2D eigenvalue weighted by molar-refractivity contribution is 9.08. The van der Waals surface area contributed by atoms with E-state index in [9.17, 15) is 18.0 Å². The second kappa shape index (κ2) is 5.34. The molecule has 1 rings (SSSR count). The average Bonchev–Trinajstić information content (AvgIpc) is 2.25. The van der Waals surface area contributed by atoms with Crippen LogP contribution in [0.15, 0.2) is 24.3 Å². The van der Waals surface area contributed by atoms with Crippen LogP contribution < -0.4 is 5.32 Å². The summed E-state index contributed by atoms with van der Waals surface area (Å²) in [4.78, 5) is 11.3. The van der Waals surface area contributed by atoms with Gasteiger partial charge in [0.15, 0.2) is 0 Å². The highest BCUT2D eigenvalue weighted by Gasteiger charge is 2.27. The van der Waals surface area contributed by atoms with Gasteiger partial charge in [-0.05, 0) is 17.7 Å². The van der Waals surface area contributed by atoms with Crippen molar-refractivity contribution in [3.63, 3.8) is 0 Å². The molecule has 0 aromatic heterocycles. The fourth-order valence-electron chi connectivity index (χ4n) is 1.03. The quantitative estimate of drug-likeness (QED) is 0.854. The second-order valence-corrected chi connectivity index (χ2v) is 3.69. The lowest BCUT2D eigenvalue weighted by Crippen LogP contribution is -2.33. The van der Waals surface area contributed by atoms with Crippen LogP contribution in [0.3, 0.4) is 0 Å². The van der Waals surface area contributed by atoms with Gasteiger partial charge in [-0.3, -0.25) is 4.79 Å². The first kappa shape index (κ1) is 13.0. The van der Waals surface area contributed by atoms with Crippen LogP contribution in [0.25, 0.3) is 0 Å². The molecule has 2 nitrogen and oxygen atoms in total. The lowest BCUT2D eigenvalue weighted by molar-refractivity contribution is -0.123. The third-order valence-electron chi connectivity index (χ3n) is 1.82. The normalized spacial score (nSPS) is 11.2. The minimum absolute atomic E-state index is 0.217. The van der Waals surface area contributed by atoms with Crippen LogP contribution >= 0.6 is 15.9 Å². The molecule has 0 unspecified atom stereocenters. The van der Waals surface area contributed by atoms with Crippen LogP contribution in [0.5, 0.6) is 0 Å². The van der Waals surface area contributed by atoms with Crippen molar-refractivity contribution < 1.29 is 18.0 Å². The SMILES string of the molecule is O=C(NCC(F)(F)F)c1ccc(CBr)cc1. The molecule has 6 heteroatoms. The number of halogens is 4. The van der Waals surface area contributed by atoms with Crippen molar-refractivity contribution in [1.29, 1.82) is 0 Å². The highest BCUT2D eigenvalue weighted by Crippen LogP contribution is 2.13. The molecule has 0 aliphatic carbocycles. The van der Waals surface area contributed by atoms with Gasteiger partial charge >= 0.3 is 6.18 Å². The molecule has 0 aliphatic rings. The number of rotatable bonds is 3. The van der Waals surface area contributed by atoms with E-state index in [1.807, 2.05) is 0 Å². The Hall–Kier alpha value is -1.04. The molecule has 16 heavy (non-hydrogen) atoms. The summed E-state index contributed by atoms with van der Waals surface area (Å²) in [5, 5.41) is 2.44.